The van der Waals surface area contributed by atoms with Crippen molar-refractivity contribution in [2.75, 3.05) is 5.32 Å². The maximum absolute atomic E-state index is 13.5. The first kappa shape index (κ1) is 13.2. The van der Waals surface area contributed by atoms with E-state index in [1.54, 1.807) is 12.1 Å². The summed E-state index contributed by atoms with van der Waals surface area (Å²) in [4.78, 5) is 17.7. The lowest BCUT2D eigenvalue weighted by molar-refractivity contribution is 0.102. The van der Waals surface area contributed by atoms with Gasteiger partial charge in [0, 0.05) is 4.88 Å². The standard InChI is InChI=1S/C15H15FN2OS/c1-9-6-7-12-13(8-9)20-15(17-12)18-14(19)10-4-2-3-5-11(10)16/h2-5,9H,6-8H2,1H3,(H,17,18,19). The summed E-state index contributed by atoms with van der Waals surface area (Å²) in [5.41, 5.74) is 1.13. The lowest BCUT2D eigenvalue weighted by Gasteiger charge is -2.15. The Morgan fingerprint density at radius 3 is 3.05 bits per heavy atom. The summed E-state index contributed by atoms with van der Waals surface area (Å²) < 4.78 is 13.5. The van der Waals surface area contributed by atoms with E-state index in [9.17, 15) is 9.18 Å². The molecule has 1 aliphatic rings. The number of aryl methyl sites for hydroxylation is 1. The number of halogens is 1. The van der Waals surface area contributed by atoms with Gasteiger partial charge >= 0.3 is 0 Å². The van der Waals surface area contributed by atoms with E-state index < -0.39 is 11.7 Å². The molecular weight excluding hydrogens is 275 g/mol. The number of benzene rings is 1. The zero-order chi connectivity index (χ0) is 14.1. The first-order valence-corrected chi connectivity index (χ1v) is 7.49. The van der Waals surface area contributed by atoms with Gasteiger partial charge in [-0.25, -0.2) is 9.37 Å². The number of nitrogens with one attached hydrogen (secondary N) is 1. The van der Waals surface area contributed by atoms with Crippen molar-refractivity contribution in [2.24, 2.45) is 5.92 Å². The van der Waals surface area contributed by atoms with Crippen LogP contribution in [0, 0.1) is 11.7 Å². The number of thiazole rings is 1. The molecule has 3 rings (SSSR count). The molecule has 0 bridgehead atoms. The molecular formula is C15H15FN2OS. The Kier molecular flexibility index (Phi) is 3.53. The van der Waals surface area contributed by atoms with Crippen LogP contribution in [0.15, 0.2) is 24.3 Å². The fourth-order valence-electron chi connectivity index (χ4n) is 2.40. The number of amides is 1. The van der Waals surface area contributed by atoms with Crippen molar-refractivity contribution in [3.63, 3.8) is 0 Å². The average Bonchev–Trinajstić information content (AvgIpc) is 2.80. The van der Waals surface area contributed by atoms with E-state index in [-0.39, 0.29) is 5.56 Å². The molecule has 0 radical (unpaired) electrons. The molecule has 104 valence electrons. The zero-order valence-electron chi connectivity index (χ0n) is 11.1. The number of fused-ring (bicyclic) bond motifs is 1. The fourth-order valence-corrected chi connectivity index (χ4v) is 3.57. The molecule has 1 heterocycles. The Labute approximate surface area is 120 Å². The van der Waals surface area contributed by atoms with Gasteiger partial charge in [0.25, 0.3) is 5.91 Å². The normalized spacial score (nSPS) is 17.6. The molecule has 0 spiro atoms. The zero-order valence-corrected chi connectivity index (χ0v) is 12.0. The Bertz CT molecular complexity index is 653. The second-order valence-electron chi connectivity index (χ2n) is 5.17. The summed E-state index contributed by atoms with van der Waals surface area (Å²) in [6, 6.07) is 5.96. The number of nitrogens with zero attached hydrogens (tertiary/aromatic N) is 1. The van der Waals surface area contributed by atoms with Crippen molar-refractivity contribution in [1.82, 2.24) is 4.98 Å². The Morgan fingerprint density at radius 2 is 2.25 bits per heavy atom. The maximum Gasteiger partial charge on any atom is 0.260 e. The van der Waals surface area contributed by atoms with Crippen LogP contribution in [0.5, 0.6) is 0 Å². The predicted molar refractivity (Wildman–Crippen MR) is 77.7 cm³/mol. The molecule has 1 atom stereocenters. The third-order valence-electron chi connectivity index (χ3n) is 3.52. The lowest BCUT2D eigenvalue weighted by Crippen LogP contribution is -2.13. The van der Waals surface area contributed by atoms with Gasteiger partial charge in [0.2, 0.25) is 0 Å². The van der Waals surface area contributed by atoms with E-state index >= 15 is 0 Å². The van der Waals surface area contributed by atoms with Crippen molar-refractivity contribution in [3.05, 3.63) is 46.2 Å². The van der Waals surface area contributed by atoms with Crippen LogP contribution in [-0.2, 0) is 12.8 Å². The van der Waals surface area contributed by atoms with E-state index in [1.165, 1.54) is 28.3 Å². The molecule has 3 nitrogen and oxygen atoms in total. The quantitative estimate of drug-likeness (QED) is 0.917. The van der Waals surface area contributed by atoms with Crippen molar-refractivity contribution >= 4 is 22.4 Å². The number of hydrogen-bond acceptors (Lipinski definition) is 3. The first-order valence-electron chi connectivity index (χ1n) is 6.68. The smallest absolute Gasteiger partial charge is 0.260 e. The Balaban J connectivity index is 1.79. The van der Waals surface area contributed by atoms with Crippen LogP contribution in [0.3, 0.4) is 0 Å². The minimum Gasteiger partial charge on any atom is -0.298 e. The van der Waals surface area contributed by atoms with Gasteiger partial charge in [0.1, 0.15) is 5.82 Å². The number of anilines is 1. The van der Waals surface area contributed by atoms with E-state index in [2.05, 4.69) is 17.2 Å². The fraction of sp³-hybridized carbons (Fsp3) is 0.333. The highest BCUT2D eigenvalue weighted by Gasteiger charge is 2.21. The van der Waals surface area contributed by atoms with Gasteiger partial charge in [-0.3, -0.25) is 10.1 Å². The summed E-state index contributed by atoms with van der Waals surface area (Å²) in [5, 5.41) is 3.27. The van der Waals surface area contributed by atoms with Crippen molar-refractivity contribution in [1.29, 1.82) is 0 Å². The topological polar surface area (TPSA) is 42.0 Å². The van der Waals surface area contributed by atoms with E-state index in [0.717, 1.165) is 25.0 Å². The van der Waals surface area contributed by atoms with Gasteiger partial charge in [0.15, 0.2) is 5.13 Å². The summed E-state index contributed by atoms with van der Waals surface area (Å²) in [5.74, 6) is -0.291. The molecule has 1 aromatic carbocycles. The van der Waals surface area contributed by atoms with Crippen molar-refractivity contribution in [2.45, 2.75) is 26.2 Å². The van der Waals surface area contributed by atoms with Gasteiger partial charge in [-0.15, -0.1) is 11.3 Å². The van der Waals surface area contributed by atoms with E-state index in [1.807, 2.05) is 0 Å². The number of carbonyl (C=O) groups excluding carboxylic acids is 1. The highest BCUT2D eigenvalue weighted by atomic mass is 32.1. The maximum atomic E-state index is 13.5. The monoisotopic (exact) mass is 290 g/mol. The van der Waals surface area contributed by atoms with Crippen LogP contribution in [0.4, 0.5) is 9.52 Å². The van der Waals surface area contributed by atoms with Crippen molar-refractivity contribution in [3.8, 4) is 0 Å². The molecule has 1 N–H and O–H groups in total. The Hall–Kier alpha value is -1.75. The lowest BCUT2D eigenvalue weighted by atomic mass is 9.93. The minimum atomic E-state index is -0.514. The molecule has 0 fully saturated rings. The molecule has 1 aromatic heterocycles. The molecule has 5 heteroatoms. The molecule has 1 amide bonds. The number of hydrogen-bond donors (Lipinski definition) is 1. The van der Waals surface area contributed by atoms with Crippen LogP contribution >= 0.6 is 11.3 Å². The van der Waals surface area contributed by atoms with Crippen LogP contribution in [0.25, 0.3) is 0 Å². The van der Waals surface area contributed by atoms with Gasteiger partial charge < -0.3 is 0 Å². The van der Waals surface area contributed by atoms with Gasteiger partial charge in [-0.1, -0.05) is 19.1 Å². The summed E-state index contributed by atoms with van der Waals surface area (Å²) in [7, 11) is 0. The average molecular weight is 290 g/mol. The van der Waals surface area contributed by atoms with E-state index in [4.69, 9.17) is 0 Å². The third-order valence-corrected chi connectivity index (χ3v) is 4.56. The van der Waals surface area contributed by atoms with Crippen molar-refractivity contribution < 1.29 is 9.18 Å². The third kappa shape index (κ3) is 2.58. The summed E-state index contributed by atoms with van der Waals surface area (Å²) in [6.07, 6.45) is 3.11. The molecule has 0 aliphatic heterocycles. The van der Waals surface area contributed by atoms with Crippen LogP contribution in [0.2, 0.25) is 0 Å². The van der Waals surface area contributed by atoms with Gasteiger partial charge in [-0.05, 0) is 37.3 Å². The molecule has 1 unspecified atom stereocenters. The number of rotatable bonds is 2. The molecule has 1 aliphatic carbocycles. The summed E-state index contributed by atoms with van der Waals surface area (Å²) in [6.45, 7) is 2.22. The summed E-state index contributed by atoms with van der Waals surface area (Å²) >= 11 is 1.50. The number of carbonyl (C=O) groups is 1. The van der Waals surface area contributed by atoms with Gasteiger partial charge in [-0.2, -0.15) is 0 Å². The van der Waals surface area contributed by atoms with Crippen LogP contribution in [-0.4, -0.2) is 10.9 Å². The second kappa shape index (κ2) is 5.32. The molecule has 2 aromatic rings. The highest BCUT2D eigenvalue weighted by Crippen LogP contribution is 2.32. The largest absolute Gasteiger partial charge is 0.298 e. The molecule has 0 saturated carbocycles. The predicted octanol–water partition coefficient (Wildman–Crippen LogP) is 3.66. The molecule has 0 saturated heterocycles. The first-order chi connectivity index (χ1) is 9.63. The highest BCUT2D eigenvalue weighted by molar-refractivity contribution is 7.15. The van der Waals surface area contributed by atoms with E-state index in [0.29, 0.717) is 11.0 Å². The molecule has 20 heavy (non-hydrogen) atoms. The number of aromatic nitrogens is 1. The van der Waals surface area contributed by atoms with Gasteiger partial charge in [0.05, 0.1) is 11.3 Å². The van der Waals surface area contributed by atoms with Crippen LogP contribution < -0.4 is 5.32 Å². The second-order valence-corrected chi connectivity index (χ2v) is 6.25. The minimum absolute atomic E-state index is 0.0500. The SMILES string of the molecule is CC1CCc2nc(NC(=O)c3ccccc3F)sc2C1. The van der Waals surface area contributed by atoms with Crippen LogP contribution in [0.1, 0.15) is 34.3 Å². The Morgan fingerprint density at radius 1 is 1.45 bits per heavy atom.